The lowest BCUT2D eigenvalue weighted by Gasteiger charge is -2.32. The maximum Gasteiger partial charge on any atom is 0.497 e. The number of hydrogen-bond acceptors (Lipinski definition) is 5. The van der Waals surface area contributed by atoms with Crippen molar-refractivity contribution in [3.63, 3.8) is 0 Å². The van der Waals surface area contributed by atoms with Crippen LogP contribution < -0.4 is 15.7 Å². The number of carbonyl (C=O) groups excluding carboxylic acids is 2. The third-order valence-corrected chi connectivity index (χ3v) is 5.77. The van der Waals surface area contributed by atoms with Gasteiger partial charge in [0.2, 0.25) is 5.91 Å². The van der Waals surface area contributed by atoms with Gasteiger partial charge in [-0.15, -0.1) is 0 Å². The second-order valence-corrected chi connectivity index (χ2v) is 8.16. The number of aryl methyl sites for hydroxylation is 1. The molecular formula is C18H22BFN4O4. The van der Waals surface area contributed by atoms with E-state index < -0.39 is 30.2 Å². The normalized spacial score (nSPS) is 21.5. The van der Waals surface area contributed by atoms with Crippen LogP contribution in [0.2, 0.25) is 0 Å². The van der Waals surface area contributed by atoms with E-state index in [-0.39, 0.29) is 29.9 Å². The van der Waals surface area contributed by atoms with Crippen molar-refractivity contribution in [2.24, 2.45) is 7.05 Å². The molecule has 2 aromatic rings. The Morgan fingerprint density at radius 1 is 1.18 bits per heavy atom. The molecule has 0 unspecified atom stereocenters. The summed E-state index contributed by atoms with van der Waals surface area (Å²) in [7, 11) is 0.763. The average molecular weight is 388 g/mol. The van der Waals surface area contributed by atoms with Gasteiger partial charge in [0.1, 0.15) is 11.3 Å². The van der Waals surface area contributed by atoms with Crippen molar-refractivity contribution in [1.82, 2.24) is 15.1 Å². The second kappa shape index (κ2) is 6.02. The molecule has 148 valence electrons. The van der Waals surface area contributed by atoms with Crippen LogP contribution in [-0.4, -0.2) is 46.6 Å². The first-order valence-corrected chi connectivity index (χ1v) is 9.14. The van der Waals surface area contributed by atoms with E-state index in [2.05, 4.69) is 10.4 Å². The van der Waals surface area contributed by atoms with Gasteiger partial charge in [-0.25, -0.2) is 9.18 Å². The van der Waals surface area contributed by atoms with Gasteiger partial charge >= 0.3 is 13.1 Å². The number of carbonyl (C=O) groups is 2. The molecule has 1 aromatic carbocycles. The highest BCUT2D eigenvalue weighted by Gasteiger charge is 2.52. The molecule has 0 atom stereocenters. The molecule has 4 rings (SSSR count). The van der Waals surface area contributed by atoms with Gasteiger partial charge in [0, 0.05) is 30.9 Å². The lowest BCUT2D eigenvalue weighted by atomic mass is 9.78. The van der Waals surface area contributed by atoms with Crippen molar-refractivity contribution in [3.8, 4) is 0 Å². The molecule has 1 N–H and O–H groups in total. The van der Waals surface area contributed by atoms with Gasteiger partial charge in [-0.05, 0) is 33.8 Å². The predicted molar refractivity (Wildman–Crippen MR) is 102 cm³/mol. The molecule has 8 nitrogen and oxygen atoms in total. The van der Waals surface area contributed by atoms with E-state index in [1.54, 1.807) is 19.2 Å². The number of benzene rings is 1. The van der Waals surface area contributed by atoms with Gasteiger partial charge in [-0.1, -0.05) is 6.07 Å². The Morgan fingerprint density at radius 3 is 2.43 bits per heavy atom. The summed E-state index contributed by atoms with van der Waals surface area (Å²) in [5.41, 5.74) is -0.657. The van der Waals surface area contributed by atoms with E-state index in [4.69, 9.17) is 9.31 Å². The number of fused-ring (bicyclic) bond motifs is 1. The van der Waals surface area contributed by atoms with Crippen molar-refractivity contribution in [3.05, 3.63) is 17.9 Å². The van der Waals surface area contributed by atoms with E-state index >= 15 is 4.39 Å². The Balaban J connectivity index is 1.77. The summed E-state index contributed by atoms with van der Waals surface area (Å²) in [6.07, 6.45) is 0.165. The average Bonchev–Trinajstić information content (AvgIpc) is 3.01. The van der Waals surface area contributed by atoms with Crippen LogP contribution >= 0.6 is 0 Å². The van der Waals surface area contributed by atoms with Crippen molar-refractivity contribution in [1.29, 1.82) is 0 Å². The first-order valence-electron chi connectivity index (χ1n) is 9.14. The Hall–Kier alpha value is -2.46. The summed E-state index contributed by atoms with van der Waals surface area (Å²) in [5, 5.41) is 7.06. The molecule has 2 aliphatic rings. The topological polar surface area (TPSA) is 85.7 Å². The number of halogens is 1. The second-order valence-electron chi connectivity index (χ2n) is 8.16. The fourth-order valence-electron chi connectivity index (χ4n) is 3.44. The molecule has 28 heavy (non-hydrogen) atoms. The molecule has 2 fully saturated rings. The van der Waals surface area contributed by atoms with Gasteiger partial charge in [-0.2, -0.15) is 5.10 Å². The Kier molecular flexibility index (Phi) is 4.06. The van der Waals surface area contributed by atoms with Crippen LogP contribution in [0.3, 0.4) is 0 Å². The maximum atomic E-state index is 15.4. The lowest BCUT2D eigenvalue weighted by Crippen LogP contribution is -2.49. The quantitative estimate of drug-likeness (QED) is 0.788. The monoisotopic (exact) mass is 388 g/mol. The van der Waals surface area contributed by atoms with Crippen LogP contribution in [0.1, 0.15) is 34.1 Å². The summed E-state index contributed by atoms with van der Waals surface area (Å²) in [4.78, 5) is 24.9. The minimum atomic E-state index is -0.844. The number of anilines is 1. The Bertz CT molecular complexity index is 987. The number of imide groups is 1. The maximum absolute atomic E-state index is 15.4. The highest BCUT2D eigenvalue weighted by molar-refractivity contribution is 6.62. The molecule has 1 aromatic heterocycles. The van der Waals surface area contributed by atoms with E-state index in [0.29, 0.717) is 11.2 Å². The molecular weight excluding hydrogens is 366 g/mol. The third kappa shape index (κ3) is 2.70. The SMILES string of the molecule is Cn1nc(N2CCC(=O)NC2=O)c2ccc(B3OC(C)(C)C(C)(C)O3)c(F)c21. The number of amides is 3. The summed E-state index contributed by atoms with van der Waals surface area (Å²) >= 11 is 0. The highest BCUT2D eigenvalue weighted by atomic mass is 19.1. The fraction of sp³-hybridized carbons (Fsp3) is 0.500. The van der Waals surface area contributed by atoms with Gasteiger partial charge in [-0.3, -0.25) is 19.7 Å². The number of urea groups is 1. The summed E-state index contributed by atoms with van der Waals surface area (Å²) < 4.78 is 28.8. The number of nitrogens with zero attached hydrogens (tertiary/aromatic N) is 3. The van der Waals surface area contributed by atoms with Crippen molar-refractivity contribution < 1.29 is 23.3 Å². The Morgan fingerprint density at radius 2 is 1.82 bits per heavy atom. The van der Waals surface area contributed by atoms with Gasteiger partial charge in [0.05, 0.1) is 11.2 Å². The highest BCUT2D eigenvalue weighted by Crippen LogP contribution is 2.37. The molecule has 2 saturated heterocycles. The number of nitrogens with one attached hydrogen (secondary N) is 1. The van der Waals surface area contributed by atoms with E-state index in [1.807, 2.05) is 27.7 Å². The molecule has 0 aliphatic carbocycles. The van der Waals surface area contributed by atoms with Crippen LogP contribution in [0.4, 0.5) is 15.0 Å². The van der Waals surface area contributed by atoms with E-state index in [9.17, 15) is 9.59 Å². The molecule has 0 spiro atoms. The van der Waals surface area contributed by atoms with Crippen LogP contribution in [0.25, 0.3) is 10.9 Å². The Labute approximate surface area is 162 Å². The van der Waals surface area contributed by atoms with Gasteiger partial charge < -0.3 is 9.31 Å². The molecule has 2 aliphatic heterocycles. The van der Waals surface area contributed by atoms with Crippen LogP contribution in [0, 0.1) is 5.82 Å². The molecule has 10 heteroatoms. The number of hydrogen-bond donors (Lipinski definition) is 1. The minimum absolute atomic E-state index is 0.165. The molecule has 0 saturated carbocycles. The molecule has 0 bridgehead atoms. The first kappa shape index (κ1) is 18.9. The van der Waals surface area contributed by atoms with Crippen molar-refractivity contribution in [2.45, 2.75) is 45.3 Å². The van der Waals surface area contributed by atoms with Crippen LogP contribution in [-0.2, 0) is 21.2 Å². The standard InChI is InChI=1S/C18H22BFN4O4/c1-17(2)18(3,4)28-19(27-17)11-7-6-10-14(13(11)20)23(5)22-15(10)24-9-8-12(25)21-16(24)26/h6-7H,8-9H2,1-5H3,(H,21,25,26). The zero-order valence-electron chi connectivity index (χ0n) is 16.5. The minimum Gasteiger partial charge on any atom is -0.399 e. The zero-order valence-corrected chi connectivity index (χ0v) is 16.5. The van der Waals surface area contributed by atoms with Crippen molar-refractivity contribution >= 4 is 41.2 Å². The molecule has 0 radical (unpaired) electrons. The number of rotatable bonds is 2. The van der Waals surface area contributed by atoms with E-state index in [1.165, 1.54) is 9.58 Å². The van der Waals surface area contributed by atoms with Gasteiger partial charge in [0.15, 0.2) is 5.82 Å². The third-order valence-electron chi connectivity index (χ3n) is 5.77. The summed E-state index contributed by atoms with van der Waals surface area (Å²) in [6, 6.07) is 2.73. The smallest absolute Gasteiger partial charge is 0.399 e. The molecule has 3 amide bonds. The summed E-state index contributed by atoms with van der Waals surface area (Å²) in [5.74, 6) is -0.539. The number of aromatic nitrogens is 2. The van der Waals surface area contributed by atoms with Gasteiger partial charge in [0.25, 0.3) is 0 Å². The van der Waals surface area contributed by atoms with Crippen LogP contribution in [0.15, 0.2) is 12.1 Å². The molecule has 3 heterocycles. The van der Waals surface area contributed by atoms with E-state index in [0.717, 1.165) is 0 Å². The first-order chi connectivity index (χ1) is 13.0. The summed E-state index contributed by atoms with van der Waals surface area (Å²) in [6.45, 7) is 7.81. The zero-order chi connectivity index (χ0) is 20.4. The fourth-order valence-corrected chi connectivity index (χ4v) is 3.44. The lowest BCUT2D eigenvalue weighted by molar-refractivity contribution is -0.120. The van der Waals surface area contributed by atoms with Crippen LogP contribution in [0.5, 0.6) is 0 Å². The largest absolute Gasteiger partial charge is 0.497 e. The van der Waals surface area contributed by atoms with Crippen molar-refractivity contribution in [2.75, 3.05) is 11.4 Å². The predicted octanol–water partition coefficient (Wildman–Crippen LogP) is 1.46.